The van der Waals surface area contributed by atoms with Crippen LogP contribution in [-0.2, 0) is 24.3 Å². The zero-order valence-electron chi connectivity index (χ0n) is 16.5. The second kappa shape index (κ2) is 8.28. The lowest BCUT2D eigenvalue weighted by Crippen LogP contribution is -2.00. The van der Waals surface area contributed by atoms with Crippen molar-refractivity contribution in [2.24, 2.45) is 0 Å². The second-order valence-electron chi connectivity index (χ2n) is 6.98. The van der Waals surface area contributed by atoms with E-state index < -0.39 is 0 Å². The molecule has 0 unspecified atom stereocenters. The highest BCUT2D eigenvalue weighted by Crippen LogP contribution is 2.23. The molecule has 0 saturated carbocycles. The van der Waals surface area contributed by atoms with E-state index in [0.29, 0.717) is 24.7 Å². The van der Waals surface area contributed by atoms with E-state index in [1.54, 1.807) is 11.8 Å². The number of aryl methyl sites for hydroxylation is 1. The Morgan fingerprint density at radius 2 is 1.83 bits per heavy atom. The topological polar surface area (TPSA) is 92.0 Å². The van der Waals surface area contributed by atoms with Gasteiger partial charge >= 0.3 is 0 Å². The molecule has 148 valence electrons. The average Bonchev–Trinajstić information content (AvgIpc) is 3.33. The Morgan fingerprint density at radius 3 is 2.52 bits per heavy atom. The van der Waals surface area contributed by atoms with E-state index in [0.717, 1.165) is 34.8 Å². The predicted molar refractivity (Wildman–Crippen MR) is 110 cm³/mol. The van der Waals surface area contributed by atoms with Gasteiger partial charge in [0.2, 0.25) is 0 Å². The quantitative estimate of drug-likeness (QED) is 0.519. The summed E-state index contributed by atoms with van der Waals surface area (Å²) in [4.78, 5) is 4.35. The molecular formula is C22H23N5O2. The Bertz CT molecular complexity index is 1100. The molecule has 0 spiro atoms. The van der Waals surface area contributed by atoms with Crippen molar-refractivity contribution >= 4 is 5.82 Å². The fraction of sp³-hybridized carbons (Fsp3) is 0.227. The lowest BCUT2D eigenvalue weighted by molar-refractivity contribution is 0.181. The number of hydrogen-bond acceptors (Lipinski definition) is 6. The molecule has 0 atom stereocenters. The number of rotatable bonds is 7. The fourth-order valence-corrected chi connectivity index (χ4v) is 3.19. The lowest BCUT2D eigenvalue weighted by atomic mass is 10.1. The molecule has 4 rings (SSSR count). The summed E-state index contributed by atoms with van der Waals surface area (Å²) in [6.07, 6.45) is 2.66. The molecule has 3 aromatic heterocycles. The summed E-state index contributed by atoms with van der Waals surface area (Å²) in [7, 11) is 1.63. The van der Waals surface area contributed by atoms with Crippen molar-refractivity contribution in [1.82, 2.24) is 20.0 Å². The van der Waals surface area contributed by atoms with Crippen LogP contribution >= 0.6 is 0 Å². The summed E-state index contributed by atoms with van der Waals surface area (Å²) in [5, 5.41) is 8.47. The number of methoxy groups -OCH3 is 1. The maximum absolute atomic E-state index is 6.08. The molecule has 0 radical (unpaired) electrons. The Labute approximate surface area is 169 Å². The molecule has 4 aromatic rings. The van der Waals surface area contributed by atoms with Gasteiger partial charge in [-0.1, -0.05) is 29.5 Å². The minimum Gasteiger partial charge on any atom is -0.466 e. The third kappa shape index (κ3) is 4.52. The molecule has 0 amide bonds. The molecule has 0 aliphatic rings. The average molecular weight is 389 g/mol. The molecule has 29 heavy (non-hydrogen) atoms. The molecule has 1 aromatic carbocycles. The van der Waals surface area contributed by atoms with Crippen LogP contribution in [0.5, 0.6) is 0 Å². The van der Waals surface area contributed by atoms with Gasteiger partial charge in [0.25, 0.3) is 0 Å². The standard InChI is InChI=1S/C22H23N5O2/c1-15-3-9-19(29-15)11-16-4-6-17(7-5-16)12-27-13-21(25-26-27)20-10-8-18(14-28-2)24-22(20)23/h3-10,13H,11-12,14H2,1-2H3,(H2,23,24). The van der Waals surface area contributed by atoms with Crippen LogP contribution in [0, 0.1) is 6.92 Å². The van der Waals surface area contributed by atoms with Crippen LogP contribution in [0.3, 0.4) is 0 Å². The van der Waals surface area contributed by atoms with Crippen molar-refractivity contribution in [2.75, 3.05) is 12.8 Å². The lowest BCUT2D eigenvalue weighted by Gasteiger charge is -2.05. The van der Waals surface area contributed by atoms with E-state index in [1.165, 1.54) is 5.56 Å². The zero-order valence-corrected chi connectivity index (χ0v) is 16.5. The third-order valence-corrected chi connectivity index (χ3v) is 4.63. The minimum absolute atomic E-state index is 0.420. The van der Waals surface area contributed by atoms with Gasteiger partial charge in [-0.3, -0.25) is 0 Å². The smallest absolute Gasteiger partial charge is 0.133 e. The van der Waals surface area contributed by atoms with Crippen LogP contribution in [0.15, 0.2) is 59.1 Å². The number of furan rings is 1. The van der Waals surface area contributed by atoms with Gasteiger partial charge in [-0.2, -0.15) is 0 Å². The molecular weight excluding hydrogens is 366 g/mol. The Hall–Kier alpha value is -3.45. The van der Waals surface area contributed by atoms with Crippen molar-refractivity contribution in [3.05, 3.63) is 83.1 Å². The summed E-state index contributed by atoms with van der Waals surface area (Å²) in [5.74, 6) is 2.32. The number of anilines is 1. The monoisotopic (exact) mass is 389 g/mol. The number of aromatic nitrogens is 4. The summed E-state index contributed by atoms with van der Waals surface area (Å²) < 4.78 is 12.5. The molecule has 0 saturated heterocycles. The van der Waals surface area contributed by atoms with Crippen LogP contribution < -0.4 is 5.73 Å². The van der Waals surface area contributed by atoms with E-state index >= 15 is 0 Å². The maximum atomic E-state index is 6.08. The van der Waals surface area contributed by atoms with Crippen molar-refractivity contribution in [3.63, 3.8) is 0 Å². The SMILES string of the molecule is COCc1ccc(-c2cn(Cc3ccc(Cc4ccc(C)o4)cc3)nn2)c(N)n1. The zero-order chi connectivity index (χ0) is 20.2. The van der Waals surface area contributed by atoms with Crippen molar-refractivity contribution in [3.8, 4) is 11.3 Å². The first-order valence-electron chi connectivity index (χ1n) is 9.38. The van der Waals surface area contributed by atoms with Gasteiger partial charge in [0, 0.05) is 19.1 Å². The molecule has 0 fully saturated rings. The van der Waals surface area contributed by atoms with Crippen molar-refractivity contribution < 1.29 is 9.15 Å². The van der Waals surface area contributed by atoms with Gasteiger partial charge in [0.15, 0.2) is 0 Å². The highest BCUT2D eigenvalue weighted by molar-refractivity contribution is 5.70. The van der Waals surface area contributed by atoms with E-state index in [2.05, 4.69) is 39.6 Å². The van der Waals surface area contributed by atoms with Crippen LogP contribution in [0.1, 0.15) is 28.3 Å². The number of nitrogens with two attached hydrogens (primary N) is 1. The summed E-state index contributed by atoms with van der Waals surface area (Å²) in [5.41, 5.74) is 10.7. The van der Waals surface area contributed by atoms with E-state index in [4.69, 9.17) is 14.9 Å². The van der Waals surface area contributed by atoms with Gasteiger partial charge in [-0.05, 0) is 42.3 Å². The first-order valence-corrected chi connectivity index (χ1v) is 9.38. The summed E-state index contributed by atoms with van der Waals surface area (Å²) in [6, 6.07) is 16.2. The highest BCUT2D eigenvalue weighted by atomic mass is 16.5. The molecule has 7 nitrogen and oxygen atoms in total. The first-order chi connectivity index (χ1) is 14.1. The molecule has 0 aliphatic carbocycles. The van der Waals surface area contributed by atoms with Gasteiger partial charge in [-0.25, -0.2) is 9.67 Å². The number of nitrogens with zero attached hydrogens (tertiary/aromatic N) is 4. The fourth-order valence-electron chi connectivity index (χ4n) is 3.19. The first kappa shape index (κ1) is 18.9. The van der Waals surface area contributed by atoms with Crippen LogP contribution in [0.4, 0.5) is 5.82 Å². The van der Waals surface area contributed by atoms with E-state index in [9.17, 15) is 0 Å². The Balaban J connectivity index is 1.44. The molecule has 2 N–H and O–H groups in total. The number of hydrogen-bond donors (Lipinski definition) is 1. The summed E-state index contributed by atoms with van der Waals surface area (Å²) >= 11 is 0. The largest absolute Gasteiger partial charge is 0.466 e. The number of ether oxygens (including phenoxy) is 1. The van der Waals surface area contributed by atoms with Crippen LogP contribution in [-0.4, -0.2) is 27.1 Å². The number of benzene rings is 1. The second-order valence-corrected chi connectivity index (χ2v) is 6.98. The summed E-state index contributed by atoms with van der Waals surface area (Å²) in [6.45, 7) is 3.01. The predicted octanol–water partition coefficient (Wildman–Crippen LogP) is 3.61. The van der Waals surface area contributed by atoms with Gasteiger partial charge < -0.3 is 14.9 Å². The number of pyridine rings is 1. The van der Waals surface area contributed by atoms with E-state index in [1.807, 2.05) is 37.4 Å². The molecule has 0 bridgehead atoms. The molecule has 7 heteroatoms. The van der Waals surface area contributed by atoms with Gasteiger partial charge in [-0.15, -0.1) is 5.10 Å². The molecule has 0 aliphatic heterocycles. The minimum atomic E-state index is 0.420. The van der Waals surface area contributed by atoms with Crippen molar-refractivity contribution in [1.29, 1.82) is 0 Å². The molecule has 3 heterocycles. The maximum Gasteiger partial charge on any atom is 0.133 e. The Morgan fingerprint density at radius 1 is 1.03 bits per heavy atom. The Kier molecular flexibility index (Phi) is 5.39. The van der Waals surface area contributed by atoms with Gasteiger partial charge in [0.05, 0.1) is 25.0 Å². The van der Waals surface area contributed by atoms with Gasteiger partial charge in [0.1, 0.15) is 23.0 Å². The van der Waals surface area contributed by atoms with Crippen molar-refractivity contribution in [2.45, 2.75) is 26.5 Å². The number of nitrogen functional groups attached to an aromatic ring is 1. The normalized spacial score (nSPS) is 11.1. The highest BCUT2D eigenvalue weighted by Gasteiger charge is 2.10. The van der Waals surface area contributed by atoms with Crippen LogP contribution in [0.2, 0.25) is 0 Å². The van der Waals surface area contributed by atoms with Crippen LogP contribution in [0.25, 0.3) is 11.3 Å². The third-order valence-electron chi connectivity index (χ3n) is 4.63. The van der Waals surface area contributed by atoms with E-state index in [-0.39, 0.29) is 0 Å².